The van der Waals surface area contributed by atoms with Crippen LogP contribution in [0.5, 0.6) is 0 Å². The fourth-order valence-electron chi connectivity index (χ4n) is 1.86. The molecule has 3 aromatic rings. The number of hydrogen-bond acceptors (Lipinski definition) is 4. The van der Waals surface area contributed by atoms with Gasteiger partial charge in [0.25, 0.3) is 0 Å². The Morgan fingerprint density at radius 3 is 0.967 bits per heavy atom. The summed E-state index contributed by atoms with van der Waals surface area (Å²) >= 11 is 2.41. The highest BCUT2D eigenvalue weighted by Crippen LogP contribution is 2.26. The second-order valence-electron chi connectivity index (χ2n) is 6.08. The van der Waals surface area contributed by atoms with Crippen LogP contribution in [0.1, 0.15) is 0 Å². The average Bonchev–Trinajstić information content (AvgIpc) is 2.77. The first-order chi connectivity index (χ1) is 14.1. The lowest BCUT2D eigenvalue weighted by Gasteiger charge is -2.10. The van der Waals surface area contributed by atoms with Gasteiger partial charge in [0.2, 0.25) is 0 Å². The van der Waals surface area contributed by atoms with E-state index in [0.29, 0.717) is 0 Å². The zero-order valence-corrected chi connectivity index (χ0v) is 21.0. The summed E-state index contributed by atoms with van der Waals surface area (Å²) in [6.07, 6.45) is 7.15. The van der Waals surface area contributed by atoms with Crippen LogP contribution in [0.2, 0.25) is 0 Å². The van der Waals surface area contributed by atoms with E-state index >= 15 is 0 Å². The van der Waals surface area contributed by atoms with E-state index in [1.165, 1.54) is 56.6 Å². The Hall–Kier alpha value is -1.70. The number of benzene rings is 1. The summed E-state index contributed by atoms with van der Waals surface area (Å²) in [5.41, 5.74) is 2.37. The summed E-state index contributed by atoms with van der Waals surface area (Å²) in [5.74, 6) is -5.39. The van der Waals surface area contributed by atoms with E-state index in [2.05, 4.69) is 9.97 Å². The van der Waals surface area contributed by atoms with Gasteiger partial charge in [-0.2, -0.15) is 0 Å². The number of aromatic nitrogens is 2. The van der Waals surface area contributed by atoms with Crippen LogP contribution in [-0.2, 0) is 0 Å². The third kappa shape index (κ3) is 7.85. The van der Waals surface area contributed by atoms with Crippen LogP contribution in [0.15, 0.2) is 49.1 Å². The maximum Gasteiger partial charge on any atom is 0.176 e. The number of nitrogens with zero attached hydrogens (tertiary/aromatic N) is 4. The molecule has 0 aliphatic carbocycles. The molecule has 0 saturated heterocycles. The molecule has 0 aliphatic rings. The maximum atomic E-state index is 12.6. The van der Waals surface area contributed by atoms with Gasteiger partial charge in [-0.05, 0) is 69.4 Å². The second-order valence-corrected chi connectivity index (χ2v) is 8.24. The van der Waals surface area contributed by atoms with Crippen molar-refractivity contribution < 1.29 is 17.6 Å². The van der Waals surface area contributed by atoms with Crippen molar-refractivity contribution in [2.75, 3.05) is 38.0 Å². The largest absolute Gasteiger partial charge is 0.378 e. The molecule has 0 unspecified atom stereocenters. The van der Waals surface area contributed by atoms with Crippen molar-refractivity contribution >= 4 is 56.6 Å². The number of rotatable bonds is 2. The fraction of sp³-hybridized carbons (Fsp3) is 0.200. The Morgan fingerprint density at radius 1 is 0.567 bits per heavy atom. The molecule has 2 aromatic heterocycles. The molecule has 10 heteroatoms. The van der Waals surface area contributed by atoms with Crippen LogP contribution < -0.4 is 9.80 Å². The highest BCUT2D eigenvalue weighted by molar-refractivity contribution is 14.1. The van der Waals surface area contributed by atoms with E-state index in [1.54, 1.807) is 24.8 Å². The minimum Gasteiger partial charge on any atom is -0.378 e. The molecule has 30 heavy (non-hydrogen) atoms. The highest BCUT2D eigenvalue weighted by Gasteiger charge is 2.21. The first-order valence-corrected chi connectivity index (χ1v) is 10.5. The highest BCUT2D eigenvalue weighted by atomic mass is 127. The van der Waals surface area contributed by atoms with Crippen molar-refractivity contribution in [3.63, 3.8) is 0 Å². The molecular weight excluding hydrogens is 626 g/mol. The molecule has 0 N–H and O–H groups in total. The zero-order valence-electron chi connectivity index (χ0n) is 16.7. The predicted molar refractivity (Wildman–Crippen MR) is 129 cm³/mol. The summed E-state index contributed by atoms with van der Waals surface area (Å²) in [6, 6.07) is 7.89. The van der Waals surface area contributed by atoms with Crippen LogP contribution in [0, 0.1) is 30.4 Å². The Bertz CT molecular complexity index is 779. The number of halogens is 6. The van der Waals surface area contributed by atoms with Crippen LogP contribution in [-0.4, -0.2) is 38.2 Å². The minimum absolute atomic E-state index is 0.664. The number of anilines is 2. The van der Waals surface area contributed by atoms with Crippen molar-refractivity contribution in [1.29, 1.82) is 0 Å². The topological polar surface area (TPSA) is 32.3 Å². The lowest BCUT2D eigenvalue weighted by atomic mass is 10.3. The fourth-order valence-corrected chi connectivity index (χ4v) is 2.81. The molecule has 162 valence electrons. The molecular formula is C20H20F4I2N4. The predicted octanol–water partition coefficient (Wildman–Crippen LogP) is 5.75. The lowest BCUT2D eigenvalue weighted by molar-refractivity contribution is 0.437. The third-order valence-corrected chi connectivity index (χ3v) is 5.41. The second kappa shape index (κ2) is 12.9. The summed E-state index contributed by atoms with van der Waals surface area (Å²) in [5, 5.41) is 0. The van der Waals surface area contributed by atoms with Gasteiger partial charge in [-0.25, -0.2) is 17.6 Å². The van der Waals surface area contributed by atoms with Crippen molar-refractivity contribution in [2.45, 2.75) is 0 Å². The van der Waals surface area contributed by atoms with Gasteiger partial charge >= 0.3 is 0 Å². The molecule has 0 bridgehead atoms. The van der Waals surface area contributed by atoms with E-state index < -0.39 is 30.4 Å². The smallest absolute Gasteiger partial charge is 0.176 e. The summed E-state index contributed by atoms with van der Waals surface area (Å²) in [7, 11) is 8.04. The van der Waals surface area contributed by atoms with Crippen LogP contribution in [0.4, 0.5) is 28.9 Å². The van der Waals surface area contributed by atoms with Gasteiger partial charge < -0.3 is 9.80 Å². The SMILES string of the molecule is CN(C)c1ccncc1.CN(C)c1ccncc1.Fc1c(F)c(I)c(F)c(F)c1I. The number of hydrogen-bond donors (Lipinski definition) is 0. The molecule has 3 rings (SSSR count). The van der Waals surface area contributed by atoms with Gasteiger partial charge in [0.15, 0.2) is 23.3 Å². The van der Waals surface area contributed by atoms with Gasteiger partial charge in [0, 0.05) is 64.4 Å². The minimum atomic E-state index is -1.35. The molecule has 2 heterocycles. The van der Waals surface area contributed by atoms with Gasteiger partial charge in [-0.15, -0.1) is 0 Å². The first-order valence-electron chi connectivity index (χ1n) is 8.39. The zero-order chi connectivity index (χ0) is 22.8. The quantitative estimate of drug-likeness (QED) is 0.154. The molecule has 0 spiro atoms. The third-order valence-electron chi connectivity index (χ3n) is 3.51. The van der Waals surface area contributed by atoms with E-state index in [9.17, 15) is 17.6 Å². The van der Waals surface area contributed by atoms with E-state index in [-0.39, 0.29) is 0 Å². The van der Waals surface area contributed by atoms with Gasteiger partial charge in [0.05, 0.1) is 7.14 Å². The Morgan fingerprint density at radius 2 is 0.800 bits per heavy atom. The van der Waals surface area contributed by atoms with Crippen molar-refractivity contribution in [2.24, 2.45) is 0 Å². The monoisotopic (exact) mass is 646 g/mol. The standard InChI is InChI=1S/2C7H10N2.C6F4I2/c2*1-9(2)7-3-5-8-6-4-7;7-1-2(8)6(12)4(10)3(9)5(1)11/h2*3-6H,1-2H3;. The molecule has 0 fully saturated rings. The van der Waals surface area contributed by atoms with Gasteiger partial charge in [-0.1, -0.05) is 0 Å². The Balaban J connectivity index is 0.000000229. The molecule has 0 atom stereocenters. The molecule has 4 nitrogen and oxygen atoms in total. The van der Waals surface area contributed by atoms with Crippen molar-refractivity contribution in [1.82, 2.24) is 9.97 Å². The van der Waals surface area contributed by atoms with E-state index in [1.807, 2.05) is 62.3 Å². The summed E-state index contributed by atoms with van der Waals surface area (Å²) < 4.78 is 49.2. The van der Waals surface area contributed by atoms with E-state index in [4.69, 9.17) is 0 Å². The molecule has 0 aliphatic heterocycles. The van der Waals surface area contributed by atoms with Crippen LogP contribution in [0.3, 0.4) is 0 Å². The first kappa shape index (κ1) is 26.3. The molecule has 1 aromatic carbocycles. The van der Waals surface area contributed by atoms with Crippen molar-refractivity contribution in [3.8, 4) is 0 Å². The maximum absolute atomic E-state index is 12.6. The molecule has 0 radical (unpaired) electrons. The number of pyridine rings is 2. The Kier molecular flexibility index (Phi) is 11.3. The van der Waals surface area contributed by atoms with Crippen molar-refractivity contribution in [3.05, 3.63) is 79.5 Å². The van der Waals surface area contributed by atoms with E-state index in [0.717, 1.165) is 0 Å². The summed E-state index contributed by atoms with van der Waals surface area (Å²) in [6.45, 7) is 0. The average molecular weight is 646 g/mol. The summed E-state index contributed by atoms with van der Waals surface area (Å²) in [4.78, 5) is 11.9. The normalized spacial score (nSPS) is 9.67. The Labute approximate surface area is 200 Å². The van der Waals surface area contributed by atoms with Gasteiger partial charge in [0.1, 0.15) is 0 Å². The molecule has 0 saturated carbocycles. The lowest BCUT2D eigenvalue weighted by Crippen LogP contribution is -2.07. The van der Waals surface area contributed by atoms with Crippen LogP contribution >= 0.6 is 45.2 Å². The van der Waals surface area contributed by atoms with Gasteiger partial charge in [-0.3, -0.25) is 9.97 Å². The van der Waals surface area contributed by atoms with Crippen LogP contribution in [0.25, 0.3) is 0 Å². The molecule has 0 amide bonds.